The highest BCUT2D eigenvalue weighted by Gasteiger charge is 2.34. The maximum atomic E-state index is 12.7. The molecule has 1 saturated heterocycles. The third-order valence-corrected chi connectivity index (χ3v) is 4.10. The van der Waals surface area contributed by atoms with E-state index < -0.39 is 11.9 Å². The zero-order chi connectivity index (χ0) is 19.4. The fourth-order valence-electron chi connectivity index (χ4n) is 2.73. The number of hydrogen-bond acceptors (Lipinski definition) is 4. The molecule has 140 valence electrons. The van der Waals surface area contributed by atoms with Gasteiger partial charge in [-0.2, -0.15) is 0 Å². The number of benzene rings is 2. The van der Waals surface area contributed by atoms with Crippen LogP contribution >= 0.6 is 11.6 Å². The summed E-state index contributed by atoms with van der Waals surface area (Å²) < 4.78 is 11.1. The van der Waals surface area contributed by atoms with Gasteiger partial charge in [-0.3, -0.25) is 4.79 Å². The number of urea groups is 1. The van der Waals surface area contributed by atoms with Crippen molar-refractivity contribution in [2.24, 2.45) is 0 Å². The average Bonchev–Trinajstić information content (AvgIpc) is 2.92. The fourth-order valence-corrected chi connectivity index (χ4v) is 3.01. The first-order chi connectivity index (χ1) is 13.0. The van der Waals surface area contributed by atoms with E-state index >= 15 is 0 Å². The number of para-hydroxylation sites is 1. The van der Waals surface area contributed by atoms with Crippen molar-refractivity contribution >= 4 is 35.3 Å². The summed E-state index contributed by atoms with van der Waals surface area (Å²) >= 11 is 6.31. The molecule has 0 saturated carbocycles. The molecule has 0 aliphatic carbocycles. The summed E-state index contributed by atoms with van der Waals surface area (Å²) in [5.41, 5.74) is 1.28. The van der Waals surface area contributed by atoms with E-state index in [1.165, 1.54) is 0 Å². The van der Waals surface area contributed by atoms with E-state index in [2.05, 4.69) is 5.32 Å². The Bertz CT molecular complexity index is 896. The maximum Gasteiger partial charge on any atom is 0.333 e. The van der Waals surface area contributed by atoms with Crippen LogP contribution in [0.3, 0.4) is 0 Å². The van der Waals surface area contributed by atoms with Gasteiger partial charge in [0.1, 0.15) is 5.70 Å². The summed E-state index contributed by atoms with van der Waals surface area (Å²) in [6.45, 7) is 4.59. The van der Waals surface area contributed by atoms with E-state index in [1.54, 1.807) is 42.5 Å². The van der Waals surface area contributed by atoms with Crippen molar-refractivity contribution in [2.45, 2.75) is 13.8 Å². The highest BCUT2D eigenvalue weighted by molar-refractivity contribution is 6.32. The standard InChI is InChI=1S/C20H19ClN2O4/c1-3-26-17-12-13(10-15(21)18(17)27-4-2)11-16-19(24)23(20(25)22-16)14-8-6-5-7-9-14/h5-12H,3-4H2,1-2H3,(H,22,25)/b16-11-. The number of nitrogens with zero attached hydrogens (tertiary/aromatic N) is 1. The van der Waals surface area contributed by atoms with Crippen molar-refractivity contribution in [3.05, 3.63) is 58.7 Å². The molecule has 2 aromatic rings. The average molecular weight is 387 g/mol. The van der Waals surface area contributed by atoms with Crippen LogP contribution in [0.4, 0.5) is 10.5 Å². The predicted molar refractivity (Wildman–Crippen MR) is 104 cm³/mol. The molecule has 0 spiro atoms. The van der Waals surface area contributed by atoms with Crippen LogP contribution in [0.5, 0.6) is 11.5 Å². The highest BCUT2D eigenvalue weighted by atomic mass is 35.5. The van der Waals surface area contributed by atoms with Gasteiger partial charge in [-0.05, 0) is 49.8 Å². The van der Waals surface area contributed by atoms with Gasteiger partial charge in [0.15, 0.2) is 11.5 Å². The molecule has 1 aliphatic heterocycles. The zero-order valence-electron chi connectivity index (χ0n) is 15.0. The highest BCUT2D eigenvalue weighted by Crippen LogP contribution is 2.37. The molecule has 0 bridgehead atoms. The minimum absolute atomic E-state index is 0.159. The Balaban J connectivity index is 1.95. The first-order valence-electron chi connectivity index (χ1n) is 8.56. The molecule has 2 aromatic carbocycles. The third-order valence-electron chi connectivity index (χ3n) is 3.82. The number of anilines is 1. The van der Waals surface area contributed by atoms with Gasteiger partial charge < -0.3 is 14.8 Å². The molecule has 27 heavy (non-hydrogen) atoms. The number of ether oxygens (including phenoxy) is 2. The second kappa shape index (κ2) is 8.14. The third kappa shape index (κ3) is 3.90. The lowest BCUT2D eigenvalue weighted by Gasteiger charge is -2.13. The summed E-state index contributed by atoms with van der Waals surface area (Å²) in [5.74, 6) is 0.500. The molecule has 1 heterocycles. The smallest absolute Gasteiger partial charge is 0.333 e. The molecule has 3 rings (SSSR count). The van der Waals surface area contributed by atoms with Crippen LogP contribution in [0.15, 0.2) is 48.2 Å². The van der Waals surface area contributed by atoms with Crippen LogP contribution in [0.2, 0.25) is 5.02 Å². The first kappa shape index (κ1) is 18.8. The van der Waals surface area contributed by atoms with Crippen LogP contribution in [0.25, 0.3) is 6.08 Å². The van der Waals surface area contributed by atoms with Crippen molar-refractivity contribution in [2.75, 3.05) is 18.1 Å². The normalized spacial score (nSPS) is 15.2. The van der Waals surface area contributed by atoms with Gasteiger partial charge >= 0.3 is 6.03 Å². The second-order valence-corrected chi connectivity index (χ2v) is 6.07. The Morgan fingerprint density at radius 3 is 2.44 bits per heavy atom. The van der Waals surface area contributed by atoms with Gasteiger partial charge in [0.2, 0.25) is 0 Å². The van der Waals surface area contributed by atoms with Gasteiger partial charge in [-0.15, -0.1) is 0 Å². The van der Waals surface area contributed by atoms with Crippen molar-refractivity contribution in [1.29, 1.82) is 0 Å². The Labute approximate surface area is 162 Å². The number of nitrogens with one attached hydrogen (secondary N) is 1. The second-order valence-electron chi connectivity index (χ2n) is 5.66. The Kier molecular flexibility index (Phi) is 5.66. The number of hydrogen-bond donors (Lipinski definition) is 1. The monoisotopic (exact) mass is 386 g/mol. The Hall–Kier alpha value is -2.99. The van der Waals surface area contributed by atoms with E-state index in [4.69, 9.17) is 21.1 Å². The summed E-state index contributed by atoms with van der Waals surface area (Å²) in [6.07, 6.45) is 1.56. The first-order valence-corrected chi connectivity index (χ1v) is 8.94. The largest absolute Gasteiger partial charge is 0.490 e. The van der Waals surface area contributed by atoms with Crippen LogP contribution in [0.1, 0.15) is 19.4 Å². The molecule has 3 amide bonds. The lowest BCUT2D eigenvalue weighted by molar-refractivity contribution is -0.113. The van der Waals surface area contributed by atoms with E-state index in [0.717, 1.165) is 4.90 Å². The number of imide groups is 1. The van der Waals surface area contributed by atoms with Gasteiger partial charge in [0.05, 0.1) is 23.9 Å². The number of amides is 3. The molecule has 1 aliphatic rings. The van der Waals surface area contributed by atoms with Crippen LogP contribution in [-0.4, -0.2) is 25.2 Å². The maximum absolute atomic E-state index is 12.7. The number of halogens is 1. The van der Waals surface area contributed by atoms with Crippen molar-refractivity contribution in [1.82, 2.24) is 5.32 Å². The molecule has 0 aromatic heterocycles. The van der Waals surface area contributed by atoms with Crippen molar-refractivity contribution in [3.63, 3.8) is 0 Å². The topological polar surface area (TPSA) is 67.9 Å². The van der Waals surface area contributed by atoms with Crippen LogP contribution in [0, 0.1) is 0 Å². The minimum atomic E-state index is -0.500. The van der Waals surface area contributed by atoms with Gasteiger partial charge in [-0.1, -0.05) is 29.8 Å². The quantitative estimate of drug-likeness (QED) is 0.595. The lowest BCUT2D eigenvalue weighted by atomic mass is 10.1. The number of carbonyl (C=O) groups is 2. The molecule has 0 atom stereocenters. The minimum Gasteiger partial charge on any atom is -0.490 e. The van der Waals surface area contributed by atoms with Gasteiger partial charge in [0.25, 0.3) is 5.91 Å². The molecular formula is C20H19ClN2O4. The SMILES string of the molecule is CCOc1cc(/C=C2\NC(=O)N(c3ccccc3)C2=O)cc(Cl)c1OCC. The van der Waals surface area contributed by atoms with Crippen LogP contribution in [-0.2, 0) is 4.79 Å². The number of rotatable bonds is 6. The van der Waals surface area contributed by atoms with E-state index in [1.807, 2.05) is 19.9 Å². The summed E-state index contributed by atoms with van der Waals surface area (Å²) in [6, 6.07) is 11.6. The van der Waals surface area contributed by atoms with E-state index in [9.17, 15) is 9.59 Å². The molecule has 0 radical (unpaired) electrons. The van der Waals surface area contributed by atoms with Crippen molar-refractivity contribution < 1.29 is 19.1 Å². The van der Waals surface area contributed by atoms with E-state index in [0.29, 0.717) is 41.0 Å². The molecular weight excluding hydrogens is 368 g/mol. The van der Waals surface area contributed by atoms with Crippen LogP contribution < -0.4 is 19.7 Å². The fraction of sp³-hybridized carbons (Fsp3) is 0.200. The molecule has 1 N–H and O–H groups in total. The molecule has 6 nitrogen and oxygen atoms in total. The lowest BCUT2D eigenvalue weighted by Crippen LogP contribution is -2.30. The van der Waals surface area contributed by atoms with E-state index in [-0.39, 0.29) is 5.70 Å². The molecule has 7 heteroatoms. The summed E-state index contributed by atoms with van der Waals surface area (Å²) in [7, 11) is 0. The Morgan fingerprint density at radius 2 is 1.78 bits per heavy atom. The van der Waals surface area contributed by atoms with Crippen molar-refractivity contribution in [3.8, 4) is 11.5 Å². The molecule has 0 unspecified atom stereocenters. The summed E-state index contributed by atoms with van der Waals surface area (Å²) in [4.78, 5) is 26.0. The van der Waals surface area contributed by atoms with Gasteiger partial charge in [0, 0.05) is 0 Å². The Morgan fingerprint density at radius 1 is 1.07 bits per heavy atom. The number of carbonyl (C=O) groups excluding carboxylic acids is 2. The molecule has 1 fully saturated rings. The predicted octanol–water partition coefficient (Wildman–Crippen LogP) is 4.23. The zero-order valence-corrected chi connectivity index (χ0v) is 15.7. The van der Waals surface area contributed by atoms with Gasteiger partial charge in [-0.25, -0.2) is 9.69 Å². The summed E-state index contributed by atoms with van der Waals surface area (Å²) in [5, 5.41) is 2.96.